The summed E-state index contributed by atoms with van der Waals surface area (Å²) in [6.45, 7) is 6.53. The molecule has 0 saturated carbocycles. The van der Waals surface area contributed by atoms with Crippen molar-refractivity contribution < 1.29 is 28.6 Å². The zero-order chi connectivity index (χ0) is 53.6. The van der Waals surface area contributed by atoms with Crippen molar-refractivity contribution in [2.75, 3.05) is 13.2 Å². The number of carbonyl (C=O) groups is 3. The van der Waals surface area contributed by atoms with Crippen LogP contribution in [0.2, 0.25) is 0 Å². The minimum Gasteiger partial charge on any atom is -0.462 e. The molecule has 0 saturated heterocycles. The Labute approximate surface area is 459 Å². The fourth-order valence-electron chi connectivity index (χ4n) is 9.21. The van der Waals surface area contributed by atoms with E-state index in [0.717, 1.165) is 96.3 Å². The molecule has 0 fully saturated rings. The Morgan fingerprint density at radius 3 is 0.824 bits per heavy atom. The molecule has 6 heteroatoms. The normalized spacial score (nSPS) is 12.5. The molecule has 0 aliphatic rings. The van der Waals surface area contributed by atoms with Crippen molar-refractivity contribution >= 4 is 17.9 Å². The summed E-state index contributed by atoms with van der Waals surface area (Å²) in [6, 6.07) is 0. The predicted molar refractivity (Wildman–Crippen MR) is 321 cm³/mol. The molecule has 74 heavy (non-hydrogen) atoms. The Morgan fingerprint density at radius 2 is 0.527 bits per heavy atom. The van der Waals surface area contributed by atoms with Crippen molar-refractivity contribution in [3.05, 3.63) is 72.9 Å². The van der Waals surface area contributed by atoms with Crippen molar-refractivity contribution in [2.24, 2.45) is 0 Å². The van der Waals surface area contributed by atoms with Gasteiger partial charge in [0.05, 0.1) is 0 Å². The summed E-state index contributed by atoms with van der Waals surface area (Å²) in [5, 5.41) is 0. The van der Waals surface area contributed by atoms with Crippen LogP contribution in [0.15, 0.2) is 72.9 Å². The van der Waals surface area contributed by atoms with E-state index in [0.29, 0.717) is 19.3 Å². The van der Waals surface area contributed by atoms with Crippen LogP contribution >= 0.6 is 0 Å². The monoisotopic (exact) mass is 1030 g/mol. The van der Waals surface area contributed by atoms with Crippen LogP contribution in [-0.4, -0.2) is 37.2 Å². The first-order valence-electron chi connectivity index (χ1n) is 31.9. The van der Waals surface area contributed by atoms with Crippen LogP contribution < -0.4 is 0 Å². The average molecular weight is 1030 g/mol. The standard InChI is InChI=1S/C68H120O6/c1-4-7-10-13-16-19-21-23-24-25-26-27-28-29-30-31-32-33-34-35-36-37-38-39-40-41-42-43-44-45-47-49-52-55-58-61-67(70)73-64-65(63-72-66(69)60-57-54-51-48-18-15-12-9-6-3)74-68(71)62-59-56-53-50-46-22-20-17-14-11-8-5-2/h7,10,16,19,23-24,26-27,29-30,32-33,65H,4-6,8-9,11-15,17-18,20-22,25,28,31,34-64H2,1-3H3/b10-7-,19-16-,24-23-,27-26-,30-29-,33-32-. The second-order valence-corrected chi connectivity index (χ2v) is 21.3. The van der Waals surface area contributed by atoms with E-state index in [2.05, 4.69) is 93.7 Å². The zero-order valence-electron chi connectivity index (χ0n) is 49.1. The third-order valence-corrected chi connectivity index (χ3v) is 14.0. The van der Waals surface area contributed by atoms with Crippen LogP contribution in [0.4, 0.5) is 0 Å². The van der Waals surface area contributed by atoms with E-state index in [4.69, 9.17) is 14.2 Å². The summed E-state index contributed by atoms with van der Waals surface area (Å²) in [5.41, 5.74) is 0. The molecule has 0 spiro atoms. The molecule has 0 N–H and O–H groups in total. The van der Waals surface area contributed by atoms with E-state index in [9.17, 15) is 14.4 Å². The first kappa shape index (κ1) is 70.8. The summed E-state index contributed by atoms with van der Waals surface area (Å²) in [6.07, 6.45) is 80.8. The van der Waals surface area contributed by atoms with Gasteiger partial charge < -0.3 is 14.2 Å². The lowest BCUT2D eigenvalue weighted by Gasteiger charge is -2.18. The van der Waals surface area contributed by atoms with Gasteiger partial charge in [-0.1, -0.05) is 306 Å². The third kappa shape index (κ3) is 59.7. The zero-order valence-corrected chi connectivity index (χ0v) is 49.1. The highest BCUT2D eigenvalue weighted by Gasteiger charge is 2.19. The minimum atomic E-state index is -0.767. The molecule has 0 rings (SSSR count). The predicted octanol–water partition coefficient (Wildman–Crippen LogP) is 21.7. The molecule has 0 heterocycles. The van der Waals surface area contributed by atoms with Gasteiger partial charge in [0.1, 0.15) is 13.2 Å². The molecule has 0 aromatic heterocycles. The molecule has 6 nitrogen and oxygen atoms in total. The number of esters is 3. The largest absolute Gasteiger partial charge is 0.462 e. The average Bonchev–Trinajstić information content (AvgIpc) is 3.40. The lowest BCUT2D eigenvalue weighted by molar-refractivity contribution is -0.167. The maximum Gasteiger partial charge on any atom is 0.306 e. The van der Waals surface area contributed by atoms with E-state index < -0.39 is 6.10 Å². The molecule has 1 unspecified atom stereocenters. The van der Waals surface area contributed by atoms with E-state index in [1.807, 2.05) is 0 Å². The number of ether oxygens (including phenoxy) is 3. The summed E-state index contributed by atoms with van der Waals surface area (Å²) in [7, 11) is 0. The lowest BCUT2D eigenvalue weighted by Crippen LogP contribution is -2.30. The molecule has 0 aromatic carbocycles. The lowest BCUT2D eigenvalue weighted by atomic mass is 10.0. The third-order valence-electron chi connectivity index (χ3n) is 14.0. The van der Waals surface area contributed by atoms with Crippen molar-refractivity contribution in [3.8, 4) is 0 Å². The summed E-state index contributed by atoms with van der Waals surface area (Å²) < 4.78 is 16.8. The fraction of sp³-hybridized carbons (Fsp3) is 0.779. The number of allylic oxidation sites excluding steroid dienone is 12. The van der Waals surface area contributed by atoms with Gasteiger partial charge in [-0.3, -0.25) is 14.4 Å². The Morgan fingerprint density at radius 1 is 0.284 bits per heavy atom. The minimum absolute atomic E-state index is 0.0684. The van der Waals surface area contributed by atoms with Crippen molar-refractivity contribution in [1.82, 2.24) is 0 Å². The Kier molecular flexibility index (Phi) is 59.7. The van der Waals surface area contributed by atoms with Gasteiger partial charge in [-0.05, 0) is 70.6 Å². The van der Waals surface area contributed by atoms with Crippen LogP contribution in [0.25, 0.3) is 0 Å². The molecule has 428 valence electrons. The highest BCUT2D eigenvalue weighted by molar-refractivity contribution is 5.71. The summed E-state index contributed by atoms with van der Waals surface area (Å²) in [4.78, 5) is 38.0. The Bertz CT molecular complexity index is 1370. The molecule has 1 atom stereocenters. The van der Waals surface area contributed by atoms with Crippen LogP contribution in [0, 0.1) is 0 Å². The molecule has 0 radical (unpaired) electrons. The molecular weight excluding hydrogens is 913 g/mol. The maximum absolute atomic E-state index is 12.8. The number of hydrogen-bond acceptors (Lipinski definition) is 6. The number of rotatable bonds is 58. The van der Waals surface area contributed by atoms with Gasteiger partial charge in [-0.25, -0.2) is 0 Å². The van der Waals surface area contributed by atoms with Crippen molar-refractivity contribution in [2.45, 2.75) is 329 Å². The van der Waals surface area contributed by atoms with E-state index in [1.165, 1.54) is 186 Å². The van der Waals surface area contributed by atoms with Crippen LogP contribution in [0.5, 0.6) is 0 Å². The first-order valence-corrected chi connectivity index (χ1v) is 31.9. The van der Waals surface area contributed by atoms with Crippen LogP contribution in [0.1, 0.15) is 323 Å². The van der Waals surface area contributed by atoms with Crippen molar-refractivity contribution in [1.29, 1.82) is 0 Å². The molecule has 0 aromatic rings. The van der Waals surface area contributed by atoms with Gasteiger partial charge in [0.25, 0.3) is 0 Å². The molecule has 0 aliphatic carbocycles. The highest BCUT2D eigenvalue weighted by atomic mass is 16.6. The molecular formula is C68H120O6. The quantitative estimate of drug-likeness (QED) is 0.0261. The SMILES string of the molecule is CC/C=C\C/C=C\C/C=C\C/C=C\C/C=C\C/C=C\CCCCCCCCCCCCCCCCCCC(=O)OCC(COC(=O)CCCCCCCCCCC)OC(=O)CCCCCCCCCCCCCC. The topological polar surface area (TPSA) is 78.9 Å². The smallest absolute Gasteiger partial charge is 0.306 e. The second-order valence-electron chi connectivity index (χ2n) is 21.3. The number of hydrogen-bond donors (Lipinski definition) is 0. The molecule has 0 aliphatic heterocycles. The van der Waals surface area contributed by atoms with Gasteiger partial charge in [0, 0.05) is 19.3 Å². The molecule has 0 amide bonds. The molecule has 0 bridgehead atoms. The fourth-order valence-corrected chi connectivity index (χ4v) is 9.21. The van der Waals surface area contributed by atoms with E-state index >= 15 is 0 Å². The van der Waals surface area contributed by atoms with Crippen LogP contribution in [-0.2, 0) is 28.6 Å². The Balaban J connectivity index is 4.00. The summed E-state index contributed by atoms with van der Waals surface area (Å²) >= 11 is 0. The first-order chi connectivity index (χ1) is 36.5. The number of unbranched alkanes of at least 4 members (excludes halogenated alkanes) is 35. The summed E-state index contributed by atoms with van der Waals surface area (Å²) in [5.74, 6) is -0.856. The van der Waals surface area contributed by atoms with Gasteiger partial charge >= 0.3 is 17.9 Å². The second kappa shape index (κ2) is 62.4. The van der Waals surface area contributed by atoms with Gasteiger partial charge in [-0.15, -0.1) is 0 Å². The van der Waals surface area contributed by atoms with E-state index in [1.54, 1.807) is 0 Å². The Hall–Kier alpha value is -3.15. The van der Waals surface area contributed by atoms with Gasteiger partial charge in [-0.2, -0.15) is 0 Å². The van der Waals surface area contributed by atoms with Gasteiger partial charge in [0.2, 0.25) is 0 Å². The van der Waals surface area contributed by atoms with Gasteiger partial charge in [0.15, 0.2) is 6.10 Å². The van der Waals surface area contributed by atoms with Crippen LogP contribution in [0.3, 0.4) is 0 Å². The maximum atomic E-state index is 12.8. The highest BCUT2D eigenvalue weighted by Crippen LogP contribution is 2.17. The van der Waals surface area contributed by atoms with Crippen molar-refractivity contribution in [3.63, 3.8) is 0 Å². The number of carbonyl (C=O) groups excluding carboxylic acids is 3. The van der Waals surface area contributed by atoms with E-state index in [-0.39, 0.29) is 31.1 Å².